The van der Waals surface area contributed by atoms with Crippen LogP contribution in [0.4, 0.5) is 5.13 Å². The minimum Gasteiger partial charge on any atom is -0.488 e. The minimum absolute atomic E-state index is 0.107. The van der Waals surface area contributed by atoms with E-state index in [9.17, 15) is 9.59 Å². The average Bonchev–Trinajstić information content (AvgIpc) is 3.55. The number of carbonyl (C=O) groups excluding carboxylic acids is 2. The number of anilines is 1. The summed E-state index contributed by atoms with van der Waals surface area (Å²) in [5.41, 5.74) is 10.5. The number of thiazole rings is 1. The molecule has 1 heterocycles. The van der Waals surface area contributed by atoms with Crippen LogP contribution >= 0.6 is 18.8 Å². The van der Waals surface area contributed by atoms with Crippen LogP contribution in [0.1, 0.15) is 50.1 Å². The molecule has 2 atom stereocenters. The van der Waals surface area contributed by atoms with Crippen molar-refractivity contribution < 1.29 is 33.1 Å². The Morgan fingerprint density at radius 3 is 1.71 bits per heavy atom. The van der Waals surface area contributed by atoms with E-state index in [0.717, 1.165) is 27.1 Å². The van der Waals surface area contributed by atoms with Crippen LogP contribution in [0, 0.1) is 0 Å². The summed E-state index contributed by atoms with van der Waals surface area (Å²) >= 11 is 1.35. The van der Waals surface area contributed by atoms with Gasteiger partial charge in [-0.05, 0) is 69.4 Å². The summed E-state index contributed by atoms with van der Waals surface area (Å²) in [7, 11) is -3.92. The molecule has 11 nitrogen and oxygen atoms in total. The largest absolute Gasteiger partial charge is 0.488 e. The standard InChI is InChI=1S/C43H51N4O7PS/c1-30(2)53-41(48)37(26-32-16-8-5-9-17-32)46-55(50,47-38(42(49)54-31(3)4)27-33-18-10-6-11-19-33)29-51-25-24-36-40(56-43(44)45-36)35-22-14-15-23-39(35)52-28-34-20-12-7-13-21-34/h5-23,30-31,37-38H,24-29H2,1-4H3,(H2,44,45)(H2,46,47,50)/t37-,38-/m0/s1. The first-order valence-corrected chi connectivity index (χ1v) is 21.4. The maximum atomic E-state index is 15.1. The molecule has 0 aliphatic carbocycles. The van der Waals surface area contributed by atoms with E-state index >= 15 is 4.57 Å². The first kappa shape index (κ1) is 42.3. The summed E-state index contributed by atoms with van der Waals surface area (Å²) in [5.74, 6) is -0.465. The Bertz CT molecular complexity index is 1960. The van der Waals surface area contributed by atoms with Crippen molar-refractivity contribution in [3.63, 3.8) is 0 Å². The van der Waals surface area contributed by atoms with E-state index in [0.29, 0.717) is 29.6 Å². The van der Waals surface area contributed by atoms with Crippen molar-refractivity contribution in [3.05, 3.63) is 138 Å². The van der Waals surface area contributed by atoms with Gasteiger partial charge < -0.3 is 24.7 Å². The van der Waals surface area contributed by atoms with Gasteiger partial charge in [0.25, 0.3) is 0 Å². The van der Waals surface area contributed by atoms with Crippen LogP contribution in [0.3, 0.4) is 0 Å². The Kier molecular flexibility index (Phi) is 15.8. The number of esters is 2. The predicted molar refractivity (Wildman–Crippen MR) is 221 cm³/mol. The summed E-state index contributed by atoms with van der Waals surface area (Å²) in [6.07, 6.45) is -0.477. The Morgan fingerprint density at radius 1 is 0.714 bits per heavy atom. The first-order valence-electron chi connectivity index (χ1n) is 18.7. The fourth-order valence-electron chi connectivity index (χ4n) is 5.93. The van der Waals surface area contributed by atoms with E-state index < -0.39 is 43.7 Å². The summed E-state index contributed by atoms with van der Waals surface area (Å²) in [5, 5.41) is 6.53. The summed E-state index contributed by atoms with van der Waals surface area (Å²) in [4.78, 5) is 32.5. The normalized spacial score (nSPS) is 12.7. The fourth-order valence-corrected chi connectivity index (χ4v) is 8.85. The Morgan fingerprint density at radius 2 is 1.20 bits per heavy atom. The molecule has 56 heavy (non-hydrogen) atoms. The van der Waals surface area contributed by atoms with Gasteiger partial charge in [-0.1, -0.05) is 114 Å². The van der Waals surface area contributed by atoms with Gasteiger partial charge in [0.15, 0.2) is 5.13 Å². The van der Waals surface area contributed by atoms with Crippen molar-refractivity contribution in [3.8, 4) is 16.2 Å². The summed E-state index contributed by atoms with van der Waals surface area (Å²) in [6.45, 7) is 7.52. The molecule has 1 aromatic heterocycles. The molecule has 4 N–H and O–H groups in total. The number of nitrogens with two attached hydrogens (primary N) is 1. The molecule has 5 aromatic rings. The van der Waals surface area contributed by atoms with Crippen molar-refractivity contribution in [1.29, 1.82) is 0 Å². The second-order valence-corrected chi connectivity index (χ2v) is 17.1. The van der Waals surface area contributed by atoms with Crippen LogP contribution in [-0.2, 0) is 54.2 Å². The number of rotatable bonds is 21. The smallest absolute Gasteiger partial charge is 0.324 e. The average molecular weight is 799 g/mol. The number of hydrogen-bond donors (Lipinski definition) is 3. The molecule has 0 fully saturated rings. The van der Waals surface area contributed by atoms with Crippen molar-refractivity contribution in [1.82, 2.24) is 15.2 Å². The van der Waals surface area contributed by atoms with E-state index in [1.54, 1.807) is 27.7 Å². The third kappa shape index (κ3) is 13.1. The van der Waals surface area contributed by atoms with E-state index in [1.165, 1.54) is 11.3 Å². The van der Waals surface area contributed by atoms with Gasteiger partial charge in [0.1, 0.15) is 30.8 Å². The molecule has 0 spiro atoms. The lowest BCUT2D eigenvalue weighted by Crippen LogP contribution is -2.47. The molecule has 0 radical (unpaired) electrons. The Hall–Kier alpha value is -4.84. The van der Waals surface area contributed by atoms with Crippen LogP contribution in [0.25, 0.3) is 10.4 Å². The zero-order valence-electron chi connectivity index (χ0n) is 32.3. The van der Waals surface area contributed by atoms with Gasteiger partial charge >= 0.3 is 11.9 Å². The molecular formula is C43H51N4O7PS. The maximum absolute atomic E-state index is 15.1. The van der Waals surface area contributed by atoms with Gasteiger partial charge in [0.2, 0.25) is 7.44 Å². The topological polar surface area (TPSA) is 151 Å². The highest BCUT2D eigenvalue weighted by atomic mass is 32.1. The van der Waals surface area contributed by atoms with E-state index in [2.05, 4.69) is 15.2 Å². The molecule has 0 saturated carbocycles. The molecule has 296 valence electrons. The fraction of sp³-hybridized carbons (Fsp3) is 0.326. The van der Waals surface area contributed by atoms with Crippen LogP contribution in [0.2, 0.25) is 0 Å². The number of nitrogen functional groups attached to an aromatic ring is 1. The first-order chi connectivity index (χ1) is 27.0. The lowest BCUT2D eigenvalue weighted by atomic mass is 10.1. The molecule has 0 aliphatic heterocycles. The van der Waals surface area contributed by atoms with Crippen LogP contribution in [0.15, 0.2) is 115 Å². The quantitative estimate of drug-likeness (QED) is 0.0377. The molecule has 4 aromatic carbocycles. The number of aromatic nitrogens is 1. The van der Waals surface area contributed by atoms with Gasteiger partial charge in [0, 0.05) is 12.0 Å². The van der Waals surface area contributed by atoms with Gasteiger partial charge in [-0.2, -0.15) is 0 Å². The lowest BCUT2D eigenvalue weighted by molar-refractivity contribution is -0.150. The molecule has 5 rings (SSSR count). The zero-order valence-corrected chi connectivity index (χ0v) is 34.0. The van der Waals surface area contributed by atoms with Gasteiger partial charge in [0.05, 0.1) is 29.4 Å². The van der Waals surface area contributed by atoms with E-state index in [-0.39, 0.29) is 25.8 Å². The van der Waals surface area contributed by atoms with Crippen molar-refractivity contribution in [2.24, 2.45) is 0 Å². The van der Waals surface area contributed by atoms with Gasteiger partial charge in [-0.15, -0.1) is 0 Å². The number of nitrogens with zero attached hydrogens (tertiary/aromatic N) is 1. The summed E-state index contributed by atoms with van der Waals surface area (Å²) in [6, 6.07) is 34.3. The lowest BCUT2D eigenvalue weighted by Gasteiger charge is -2.29. The molecule has 0 saturated heterocycles. The van der Waals surface area contributed by atoms with E-state index in [1.807, 2.05) is 115 Å². The van der Waals surface area contributed by atoms with Gasteiger partial charge in [-0.25, -0.2) is 15.2 Å². The van der Waals surface area contributed by atoms with Crippen LogP contribution in [0.5, 0.6) is 5.75 Å². The third-order valence-electron chi connectivity index (χ3n) is 8.41. The molecule has 0 bridgehead atoms. The number of carbonyl (C=O) groups is 2. The number of para-hydroxylation sites is 1. The number of nitrogens with one attached hydrogen (secondary N) is 2. The molecule has 0 unspecified atom stereocenters. The second kappa shape index (κ2) is 20.9. The predicted octanol–water partition coefficient (Wildman–Crippen LogP) is 7.99. The SMILES string of the molecule is CC(C)OC(=O)[C@H](Cc1ccccc1)NP(=O)(COCCc1nc(N)sc1-c1ccccc1OCc1ccccc1)N[C@@H](Cc1ccccc1)C(=O)OC(C)C. The van der Waals surface area contributed by atoms with Crippen LogP contribution in [-0.4, -0.2) is 54.2 Å². The monoisotopic (exact) mass is 798 g/mol. The van der Waals surface area contributed by atoms with Crippen molar-refractivity contribution >= 4 is 35.9 Å². The highest BCUT2D eigenvalue weighted by Gasteiger charge is 2.36. The molecule has 0 amide bonds. The van der Waals surface area contributed by atoms with E-state index in [4.69, 9.17) is 24.7 Å². The Labute approximate surface area is 333 Å². The molecule has 13 heteroatoms. The van der Waals surface area contributed by atoms with Gasteiger partial charge in [-0.3, -0.25) is 14.2 Å². The number of benzene rings is 4. The Balaban J connectivity index is 1.38. The van der Waals surface area contributed by atoms with Crippen LogP contribution < -0.4 is 20.6 Å². The highest BCUT2D eigenvalue weighted by molar-refractivity contribution is 7.59. The molecular weight excluding hydrogens is 748 g/mol. The second-order valence-electron chi connectivity index (χ2n) is 13.8. The highest BCUT2D eigenvalue weighted by Crippen LogP contribution is 2.40. The molecule has 0 aliphatic rings. The maximum Gasteiger partial charge on any atom is 0.324 e. The summed E-state index contributed by atoms with van der Waals surface area (Å²) < 4.78 is 38.7. The number of hydrogen-bond acceptors (Lipinski definition) is 10. The number of ether oxygens (including phenoxy) is 4. The third-order valence-corrected chi connectivity index (χ3v) is 11.4. The van der Waals surface area contributed by atoms with Crippen molar-refractivity contribution in [2.45, 2.75) is 77.9 Å². The minimum atomic E-state index is -3.92. The zero-order chi connectivity index (χ0) is 39.9. The van der Waals surface area contributed by atoms with Crippen molar-refractivity contribution in [2.75, 3.05) is 18.7 Å².